The number of rotatable bonds is 1. The summed E-state index contributed by atoms with van der Waals surface area (Å²) in [5, 5.41) is 5.88. The highest BCUT2D eigenvalue weighted by atomic mass is 16.5. The Hall–Kier alpha value is -1.29. The molecule has 0 unspecified atom stereocenters. The van der Waals surface area contributed by atoms with Gasteiger partial charge in [0.05, 0.1) is 11.6 Å². The number of nitrogens with zero attached hydrogens (tertiary/aromatic N) is 2. The first kappa shape index (κ1) is 10.8. The number of aromatic nitrogens is 2. The Labute approximate surface area is 102 Å². The highest BCUT2D eigenvalue weighted by Crippen LogP contribution is 2.25. The molecular formula is C13H15BN2O. The van der Waals surface area contributed by atoms with Gasteiger partial charge in [-0.25, -0.2) is 0 Å². The summed E-state index contributed by atoms with van der Waals surface area (Å²) in [6.07, 6.45) is 2.09. The minimum atomic E-state index is 0.470. The van der Waals surface area contributed by atoms with E-state index >= 15 is 0 Å². The van der Waals surface area contributed by atoms with Gasteiger partial charge in [0.15, 0.2) is 0 Å². The molecule has 2 heterocycles. The molecule has 1 aromatic carbocycles. The number of fused-ring (bicyclic) bond motifs is 1. The Kier molecular flexibility index (Phi) is 2.67. The fourth-order valence-corrected chi connectivity index (χ4v) is 2.54. The van der Waals surface area contributed by atoms with Gasteiger partial charge in [-0.2, -0.15) is 5.10 Å². The summed E-state index contributed by atoms with van der Waals surface area (Å²) in [7, 11) is 5.79. The first-order valence-electron chi connectivity index (χ1n) is 6.08. The highest BCUT2D eigenvalue weighted by Gasteiger charge is 2.19. The monoisotopic (exact) mass is 226 g/mol. The lowest BCUT2D eigenvalue weighted by atomic mass is 9.95. The van der Waals surface area contributed by atoms with Gasteiger partial charge in [-0.05, 0) is 25.8 Å². The molecule has 1 saturated heterocycles. The number of hydrogen-bond donors (Lipinski definition) is 0. The second kappa shape index (κ2) is 4.19. The maximum absolute atomic E-state index is 5.79. The molecule has 0 amide bonds. The molecule has 1 aliphatic rings. The zero-order valence-electron chi connectivity index (χ0n) is 10.0. The molecular weight excluding hydrogens is 211 g/mol. The Morgan fingerprint density at radius 2 is 2.12 bits per heavy atom. The molecule has 0 N–H and O–H groups in total. The van der Waals surface area contributed by atoms with Crippen LogP contribution >= 0.6 is 0 Å². The largest absolute Gasteiger partial charge is 0.381 e. The molecule has 0 spiro atoms. The summed E-state index contributed by atoms with van der Waals surface area (Å²) in [5.41, 5.74) is 3.00. The van der Waals surface area contributed by atoms with Gasteiger partial charge in [0.25, 0.3) is 0 Å². The van der Waals surface area contributed by atoms with E-state index in [1.165, 1.54) is 11.1 Å². The lowest BCUT2D eigenvalue weighted by Gasteiger charge is -2.23. The number of benzene rings is 1. The van der Waals surface area contributed by atoms with Crippen LogP contribution in [0.2, 0.25) is 0 Å². The van der Waals surface area contributed by atoms with Crippen LogP contribution in [0, 0.1) is 6.92 Å². The second-order valence-electron chi connectivity index (χ2n) is 4.65. The van der Waals surface area contributed by atoms with Crippen molar-refractivity contribution < 1.29 is 4.74 Å². The number of hydrogen-bond acceptors (Lipinski definition) is 2. The third-order valence-electron chi connectivity index (χ3n) is 3.51. The zero-order chi connectivity index (χ0) is 11.8. The Morgan fingerprint density at radius 3 is 2.88 bits per heavy atom. The predicted octanol–water partition coefficient (Wildman–Crippen LogP) is 1.49. The molecule has 0 saturated carbocycles. The SMILES string of the molecule is [B]c1ccc2c(C)n(C3CCOCC3)nc2c1. The van der Waals surface area contributed by atoms with Crippen LogP contribution in [0.5, 0.6) is 0 Å². The van der Waals surface area contributed by atoms with Crippen LogP contribution < -0.4 is 5.46 Å². The van der Waals surface area contributed by atoms with E-state index in [9.17, 15) is 0 Å². The van der Waals surface area contributed by atoms with E-state index in [1.807, 2.05) is 12.1 Å². The van der Waals surface area contributed by atoms with Crippen molar-refractivity contribution in [3.63, 3.8) is 0 Å². The van der Waals surface area contributed by atoms with Crippen LogP contribution in [0.15, 0.2) is 18.2 Å². The highest BCUT2D eigenvalue weighted by molar-refractivity contribution is 6.33. The van der Waals surface area contributed by atoms with Gasteiger partial charge in [-0.1, -0.05) is 17.6 Å². The Bertz CT molecular complexity index is 544. The first-order valence-corrected chi connectivity index (χ1v) is 6.08. The maximum Gasteiger partial charge on any atom is 0.113 e. The van der Waals surface area contributed by atoms with Crippen molar-refractivity contribution in [2.75, 3.05) is 13.2 Å². The molecule has 2 aromatic rings. The van der Waals surface area contributed by atoms with Crippen molar-refractivity contribution in [1.29, 1.82) is 0 Å². The van der Waals surface area contributed by atoms with Gasteiger partial charge >= 0.3 is 0 Å². The van der Waals surface area contributed by atoms with Gasteiger partial charge in [0.2, 0.25) is 0 Å². The molecule has 17 heavy (non-hydrogen) atoms. The van der Waals surface area contributed by atoms with E-state index in [4.69, 9.17) is 12.6 Å². The summed E-state index contributed by atoms with van der Waals surface area (Å²) in [6.45, 7) is 3.80. The van der Waals surface area contributed by atoms with Crippen LogP contribution in [0.1, 0.15) is 24.6 Å². The smallest absolute Gasteiger partial charge is 0.113 e. The Morgan fingerprint density at radius 1 is 1.35 bits per heavy atom. The average Bonchev–Trinajstić information content (AvgIpc) is 2.67. The minimum absolute atomic E-state index is 0.470. The summed E-state index contributed by atoms with van der Waals surface area (Å²) in [5.74, 6) is 0. The maximum atomic E-state index is 5.79. The van der Waals surface area contributed by atoms with Crippen molar-refractivity contribution in [1.82, 2.24) is 9.78 Å². The lowest BCUT2D eigenvalue weighted by molar-refractivity contribution is 0.0659. The van der Waals surface area contributed by atoms with Gasteiger partial charge in [-0.15, -0.1) is 0 Å². The summed E-state index contributed by atoms with van der Waals surface area (Å²) in [6, 6.07) is 6.41. The fourth-order valence-electron chi connectivity index (χ4n) is 2.54. The molecule has 1 fully saturated rings. The van der Waals surface area contributed by atoms with Gasteiger partial charge in [0.1, 0.15) is 7.85 Å². The quantitative estimate of drug-likeness (QED) is 0.689. The van der Waals surface area contributed by atoms with Crippen molar-refractivity contribution in [3.8, 4) is 0 Å². The first-order chi connectivity index (χ1) is 8.25. The van der Waals surface area contributed by atoms with Crippen molar-refractivity contribution >= 4 is 24.2 Å². The van der Waals surface area contributed by atoms with Gasteiger partial charge in [0, 0.05) is 24.3 Å². The van der Waals surface area contributed by atoms with E-state index in [0.29, 0.717) is 6.04 Å². The molecule has 0 bridgehead atoms. The van der Waals surface area contributed by atoms with Crippen LogP contribution in [-0.2, 0) is 4.74 Å². The molecule has 2 radical (unpaired) electrons. The van der Waals surface area contributed by atoms with Gasteiger partial charge < -0.3 is 4.74 Å². The van der Waals surface area contributed by atoms with Crippen molar-refractivity contribution in [3.05, 3.63) is 23.9 Å². The van der Waals surface area contributed by atoms with Crippen LogP contribution in [0.3, 0.4) is 0 Å². The lowest BCUT2D eigenvalue weighted by Crippen LogP contribution is -2.21. The topological polar surface area (TPSA) is 27.1 Å². The molecule has 86 valence electrons. The summed E-state index contributed by atoms with van der Waals surface area (Å²) in [4.78, 5) is 0. The zero-order valence-corrected chi connectivity index (χ0v) is 10.0. The van der Waals surface area contributed by atoms with E-state index in [0.717, 1.165) is 37.0 Å². The molecule has 0 atom stereocenters. The average molecular weight is 226 g/mol. The summed E-state index contributed by atoms with van der Waals surface area (Å²) < 4.78 is 7.54. The van der Waals surface area contributed by atoms with Crippen molar-refractivity contribution in [2.45, 2.75) is 25.8 Å². The number of aryl methyl sites for hydroxylation is 1. The molecule has 0 aliphatic carbocycles. The van der Waals surface area contributed by atoms with Crippen LogP contribution in [-0.4, -0.2) is 30.8 Å². The van der Waals surface area contributed by atoms with E-state index < -0.39 is 0 Å². The normalized spacial score (nSPS) is 17.7. The van der Waals surface area contributed by atoms with Crippen LogP contribution in [0.4, 0.5) is 0 Å². The predicted molar refractivity (Wildman–Crippen MR) is 68.9 cm³/mol. The van der Waals surface area contributed by atoms with Crippen molar-refractivity contribution in [2.24, 2.45) is 0 Å². The molecule has 1 aliphatic heterocycles. The number of ether oxygens (including phenoxy) is 1. The summed E-state index contributed by atoms with van der Waals surface area (Å²) >= 11 is 0. The second-order valence-corrected chi connectivity index (χ2v) is 4.65. The molecule has 3 nitrogen and oxygen atoms in total. The Balaban J connectivity index is 2.07. The molecule has 1 aromatic heterocycles. The third kappa shape index (κ3) is 1.87. The molecule has 4 heteroatoms. The van der Waals surface area contributed by atoms with E-state index in [2.05, 4.69) is 22.8 Å². The standard InChI is InChI=1S/C13H15BN2O/c1-9-12-3-2-10(14)8-13(12)15-16(9)11-4-6-17-7-5-11/h2-3,8,11H,4-7H2,1H3. The third-order valence-corrected chi connectivity index (χ3v) is 3.51. The molecule has 3 rings (SSSR count). The van der Waals surface area contributed by atoms with E-state index in [1.54, 1.807) is 0 Å². The van der Waals surface area contributed by atoms with Crippen LogP contribution in [0.25, 0.3) is 10.9 Å². The van der Waals surface area contributed by atoms with Gasteiger partial charge in [-0.3, -0.25) is 4.68 Å². The fraction of sp³-hybridized carbons (Fsp3) is 0.462. The van der Waals surface area contributed by atoms with E-state index in [-0.39, 0.29) is 0 Å². The minimum Gasteiger partial charge on any atom is -0.381 e.